The molecule has 0 fully saturated rings. The molecule has 2 aliphatic rings. The van der Waals surface area contributed by atoms with Crippen molar-refractivity contribution in [3.8, 4) is 0 Å². The molecule has 1 aromatic heterocycles. The molecule has 2 N–H and O–H groups in total. The lowest BCUT2D eigenvalue weighted by molar-refractivity contribution is -0.159. The van der Waals surface area contributed by atoms with Gasteiger partial charge in [0.1, 0.15) is 11.8 Å². The zero-order valence-electron chi connectivity index (χ0n) is 15.9. The van der Waals surface area contributed by atoms with Gasteiger partial charge < -0.3 is 15.3 Å². The summed E-state index contributed by atoms with van der Waals surface area (Å²) in [4.78, 5) is 32.2. The Hall–Kier alpha value is -2.76. The molecule has 1 atom stereocenters. The highest BCUT2D eigenvalue weighted by Crippen LogP contribution is 2.27. The highest BCUT2D eigenvalue weighted by molar-refractivity contribution is 6.31. The summed E-state index contributed by atoms with van der Waals surface area (Å²) in [7, 11) is 1.44. The molecule has 0 radical (unpaired) electrons. The van der Waals surface area contributed by atoms with Gasteiger partial charge in [0.2, 0.25) is 0 Å². The van der Waals surface area contributed by atoms with Crippen LogP contribution in [0.15, 0.2) is 12.1 Å². The highest BCUT2D eigenvalue weighted by atomic mass is 35.5. The highest BCUT2D eigenvalue weighted by Gasteiger charge is 2.35. The number of hydrogen-bond donors (Lipinski definition) is 2. The van der Waals surface area contributed by atoms with Gasteiger partial charge in [-0.3, -0.25) is 14.3 Å². The van der Waals surface area contributed by atoms with Gasteiger partial charge in [0.25, 0.3) is 5.91 Å². The Balaban J connectivity index is 1.57. The van der Waals surface area contributed by atoms with Crippen LogP contribution in [-0.2, 0) is 24.3 Å². The van der Waals surface area contributed by atoms with Crippen molar-refractivity contribution in [1.29, 1.82) is 0 Å². The van der Waals surface area contributed by atoms with Crippen LogP contribution in [0.4, 0.5) is 19.3 Å². The molecule has 2 aliphatic heterocycles. The maximum absolute atomic E-state index is 13.5. The largest absolute Gasteiger partial charge is 0.393 e. The van der Waals surface area contributed by atoms with Crippen molar-refractivity contribution in [2.24, 2.45) is 0 Å². The molecule has 4 rings (SSSR count). The van der Waals surface area contributed by atoms with E-state index in [0.717, 1.165) is 17.2 Å². The van der Waals surface area contributed by atoms with Crippen LogP contribution in [0.3, 0.4) is 0 Å². The molecule has 0 aliphatic carbocycles. The molecular weight excluding hydrogens is 424 g/mol. The number of fused-ring (bicyclic) bond motifs is 3. The SMILES string of the molecule is CN1OC(CO)Cn2nc3c(c2C1=O)CN(C(=O)Nc1cc(F)c(F)c(Cl)c1)CC3. The lowest BCUT2D eigenvalue weighted by Crippen LogP contribution is -2.39. The van der Waals surface area contributed by atoms with Crippen LogP contribution in [0.25, 0.3) is 0 Å². The summed E-state index contributed by atoms with van der Waals surface area (Å²) in [6.45, 7) is 0.315. The molecule has 2 aromatic rings. The van der Waals surface area contributed by atoms with Gasteiger partial charge in [-0.15, -0.1) is 0 Å². The van der Waals surface area contributed by atoms with Gasteiger partial charge in [-0.2, -0.15) is 5.10 Å². The molecule has 0 saturated carbocycles. The molecule has 0 bridgehead atoms. The van der Waals surface area contributed by atoms with E-state index in [0.29, 0.717) is 24.2 Å². The van der Waals surface area contributed by atoms with E-state index in [1.54, 1.807) is 0 Å². The molecule has 160 valence electrons. The Kier molecular flexibility index (Phi) is 5.35. The third kappa shape index (κ3) is 3.59. The van der Waals surface area contributed by atoms with Crippen LogP contribution in [0.5, 0.6) is 0 Å². The number of rotatable bonds is 2. The first-order chi connectivity index (χ1) is 14.3. The second kappa shape index (κ2) is 7.82. The summed E-state index contributed by atoms with van der Waals surface area (Å²) < 4.78 is 28.4. The first-order valence-electron chi connectivity index (χ1n) is 9.13. The number of hydrogen-bond acceptors (Lipinski definition) is 5. The number of aromatic nitrogens is 2. The number of nitrogens with one attached hydrogen (secondary N) is 1. The number of urea groups is 1. The fraction of sp³-hybridized carbons (Fsp3) is 0.389. The molecule has 0 saturated heterocycles. The Morgan fingerprint density at radius 1 is 1.43 bits per heavy atom. The predicted molar refractivity (Wildman–Crippen MR) is 101 cm³/mol. The van der Waals surface area contributed by atoms with Crippen molar-refractivity contribution in [3.05, 3.63) is 45.7 Å². The molecule has 12 heteroatoms. The average Bonchev–Trinajstić information content (AvgIpc) is 3.01. The number of amides is 3. The van der Waals surface area contributed by atoms with E-state index in [2.05, 4.69) is 10.4 Å². The van der Waals surface area contributed by atoms with Crippen LogP contribution in [0.1, 0.15) is 21.7 Å². The van der Waals surface area contributed by atoms with Gasteiger partial charge in [-0.1, -0.05) is 11.6 Å². The van der Waals surface area contributed by atoms with Gasteiger partial charge in [0, 0.05) is 37.3 Å². The minimum atomic E-state index is -1.19. The summed E-state index contributed by atoms with van der Waals surface area (Å²) in [5.41, 5.74) is 1.57. The number of halogens is 3. The lowest BCUT2D eigenvalue weighted by Gasteiger charge is -2.27. The topological polar surface area (TPSA) is 99.9 Å². The van der Waals surface area contributed by atoms with Crippen LogP contribution in [0, 0.1) is 11.6 Å². The van der Waals surface area contributed by atoms with Crippen LogP contribution in [-0.4, -0.2) is 63.1 Å². The molecule has 3 heterocycles. The molecule has 0 spiro atoms. The minimum absolute atomic E-state index is 0.0125. The first kappa shape index (κ1) is 20.5. The molecular formula is C18H18ClF2N5O4. The van der Waals surface area contributed by atoms with Gasteiger partial charge in [0.15, 0.2) is 11.6 Å². The zero-order valence-corrected chi connectivity index (χ0v) is 16.6. The van der Waals surface area contributed by atoms with Gasteiger partial charge in [-0.25, -0.2) is 18.6 Å². The third-order valence-corrected chi connectivity index (χ3v) is 5.27. The third-order valence-electron chi connectivity index (χ3n) is 5.00. The number of aliphatic hydroxyl groups excluding tert-OH is 1. The number of carbonyl (C=O) groups excluding carboxylic acids is 2. The van der Waals surface area contributed by atoms with Crippen molar-refractivity contribution in [3.63, 3.8) is 0 Å². The molecule has 30 heavy (non-hydrogen) atoms. The van der Waals surface area contributed by atoms with E-state index in [1.165, 1.54) is 16.6 Å². The van der Waals surface area contributed by atoms with Crippen LogP contribution >= 0.6 is 11.6 Å². The summed E-state index contributed by atoms with van der Waals surface area (Å²) in [5, 5.41) is 17.0. The fourth-order valence-electron chi connectivity index (χ4n) is 3.54. The van der Waals surface area contributed by atoms with Gasteiger partial charge >= 0.3 is 6.03 Å². The second-order valence-corrected chi connectivity index (χ2v) is 7.43. The summed E-state index contributed by atoms with van der Waals surface area (Å²) in [5.74, 6) is -2.80. The van der Waals surface area contributed by atoms with Gasteiger partial charge in [0.05, 0.1) is 30.4 Å². The van der Waals surface area contributed by atoms with Crippen LogP contribution in [0.2, 0.25) is 5.02 Å². The standard InChI is InChI=1S/C18H18ClF2N5O4/c1-24-17(28)16-11-7-25(3-2-14(11)23-26(16)6-10(8-27)30-24)18(29)22-9-4-12(19)15(21)13(20)5-9/h4-5,10,27H,2-3,6-8H2,1H3,(H,22,29). The number of anilines is 1. The summed E-state index contributed by atoms with van der Waals surface area (Å²) in [6.07, 6.45) is -0.220. The fourth-order valence-corrected chi connectivity index (χ4v) is 3.75. The van der Waals surface area contributed by atoms with Crippen molar-refractivity contribution >= 4 is 29.2 Å². The summed E-state index contributed by atoms with van der Waals surface area (Å²) in [6, 6.07) is 1.40. The van der Waals surface area contributed by atoms with E-state index < -0.39 is 34.7 Å². The summed E-state index contributed by atoms with van der Waals surface area (Å²) >= 11 is 5.63. The monoisotopic (exact) mass is 441 g/mol. The Morgan fingerprint density at radius 2 is 2.20 bits per heavy atom. The predicted octanol–water partition coefficient (Wildman–Crippen LogP) is 1.78. The maximum atomic E-state index is 13.5. The second-order valence-electron chi connectivity index (χ2n) is 7.02. The van der Waals surface area contributed by atoms with E-state index >= 15 is 0 Å². The molecule has 1 unspecified atom stereocenters. The molecule has 1 aromatic carbocycles. The lowest BCUT2D eigenvalue weighted by atomic mass is 10.1. The van der Waals surface area contributed by atoms with Gasteiger partial charge in [-0.05, 0) is 6.07 Å². The Morgan fingerprint density at radius 3 is 2.90 bits per heavy atom. The Bertz CT molecular complexity index is 1010. The van der Waals surface area contributed by atoms with E-state index in [9.17, 15) is 23.5 Å². The number of aliphatic hydroxyl groups is 1. The first-order valence-corrected chi connectivity index (χ1v) is 9.51. The van der Waals surface area contributed by atoms with Crippen molar-refractivity contribution in [1.82, 2.24) is 19.7 Å². The number of nitrogens with zero attached hydrogens (tertiary/aromatic N) is 4. The van der Waals surface area contributed by atoms with Crippen molar-refractivity contribution in [2.45, 2.75) is 25.6 Å². The van der Waals surface area contributed by atoms with E-state index in [1.807, 2.05) is 0 Å². The smallest absolute Gasteiger partial charge is 0.322 e. The quantitative estimate of drug-likeness (QED) is 0.692. The van der Waals surface area contributed by atoms with Crippen LogP contribution < -0.4 is 5.32 Å². The average molecular weight is 442 g/mol. The number of carbonyl (C=O) groups is 2. The molecule has 9 nitrogen and oxygen atoms in total. The minimum Gasteiger partial charge on any atom is -0.393 e. The van der Waals surface area contributed by atoms with E-state index in [4.69, 9.17) is 16.4 Å². The normalized spacial score (nSPS) is 18.7. The van der Waals surface area contributed by atoms with E-state index in [-0.39, 0.29) is 31.1 Å². The number of hydroxylamine groups is 2. The maximum Gasteiger partial charge on any atom is 0.322 e. The Labute approximate surface area is 174 Å². The molecule has 3 amide bonds. The number of benzene rings is 1. The zero-order chi connectivity index (χ0) is 21.6. The van der Waals surface area contributed by atoms with Crippen molar-refractivity contribution in [2.75, 3.05) is 25.5 Å². The van der Waals surface area contributed by atoms with Crippen molar-refractivity contribution < 1.29 is 28.3 Å².